The lowest BCUT2D eigenvalue weighted by molar-refractivity contribution is 0.0935. The number of nitrogens with one attached hydrogen (secondary N) is 2. The molecule has 1 rings (SSSR count). The molecule has 0 spiro atoms. The van der Waals surface area contributed by atoms with E-state index in [4.69, 9.17) is 10.8 Å². The van der Waals surface area contributed by atoms with Crippen LogP contribution in [-0.2, 0) is 0 Å². The summed E-state index contributed by atoms with van der Waals surface area (Å²) in [5.74, 6) is -0.270. The van der Waals surface area contributed by atoms with Crippen molar-refractivity contribution in [2.24, 2.45) is 0 Å². The second kappa shape index (κ2) is 4.56. The molecule has 1 aromatic rings. The monoisotopic (exact) mass is 199 g/mol. The van der Waals surface area contributed by atoms with Crippen LogP contribution in [0.1, 0.15) is 24.0 Å². The molecule has 1 aromatic heterocycles. The van der Waals surface area contributed by atoms with Crippen LogP contribution in [0.3, 0.4) is 0 Å². The SMILES string of the molecule is CC(O)CCNC(=O)c1nc(N)n[nH]1. The number of carbonyl (C=O) groups excluding carboxylic acids is 1. The number of hydrogen-bond donors (Lipinski definition) is 4. The van der Waals surface area contributed by atoms with Crippen molar-refractivity contribution in [3.05, 3.63) is 5.82 Å². The van der Waals surface area contributed by atoms with Gasteiger partial charge in [0.2, 0.25) is 11.8 Å². The van der Waals surface area contributed by atoms with E-state index in [1.165, 1.54) is 0 Å². The lowest BCUT2D eigenvalue weighted by Crippen LogP contribution is -2.27. The van der Waals surface area contributed by atoms with E-state index in [1.54, 1.807) is 6.92 Å². The number of nitrogen functional groups attached to an aromatic ring is 1. The summed E-state index contributed by atoms with van der Waals surface area (Å²) in [6.07, 6.45) is 0.0603. The van der Waals surface area contributed by atoms with Crippen LogP contribution in [0.15, 0.2) is 0 Å². The lowest BCUT2D eigenvalue weighted by atomic mass is 10.3. The van der Waals surface area contributed by atoms with Gasteiger partial charge in [-0.3, -0.25) is 9.89 Å². The van der Waals surface area contributed by atoms with Gasteiger partial charge in [-0.1, -0.05) is 0 Å². The number of carbonyl (C=O) groups is 1. The smallest absolute Gasteiger partial charge is 0.288 e. The molecular formula is C7H13N5O2. The Balaban J connectivity index is 2.36. The van der Waals surface area contributed by atoms with Crippen molar-refractivity contribution in [1.29, 1.82) is 0 Å². The fraction of sp³-hybridized carbons (Fsp3) is 0.571. The molecule has 0 radical (unpaired) electrons. The van der Waals surface area contributed by atoms with Crippen LogP contribution in [0.4, 0.5) is 5.95 Å². The zero-order valence-electron chi connectivity index (χ0n) is 7.82. The van der Waals surface area contributed by atoms with Gasteiger partial charge < -0.3 is 16.2 Å². The fourth-order valence-corrected chi connectivity index (χ4v) is 0.855. The number of aliphatic hydroxyl groups is 1. The number of aliphatic hydroxyl groups excluding tert-OH is 1. The largest absolute Gasteiger partial charge is 0.393 e. The van der Waals surface area contributed by atoms with E-state index in [0.29, 0.717) is 13.0 Å². The number of rotatable bonds is 4. The number of aromatic nitrogens is 3. The summed E-state index contributed by atoms with van der Waals surface area (Å²) < 4.78 is 0. The Morgan fingerprint density at radius 1 is 1.79 bits per heavy atom. The number of aromatic amines is 1. The molecule has 0 bridgehead atoms. The Hall–Kier alpha value is -1.63. The third-order valence-electron chi connectivity index (χ3n) is 1.57. The van der Waals surface area contributed by atoms with E-state index in [9.17, 15) is 4.79 Å². The third-order valence-corrected chi connectivity index (χ3v) is 1.57. The second-order valence-electron chi connectivity index (χ2n) is 2.94. The standard InChI is InChI=1S/C7H13N5O2/c1-4(13)2-3-9-6(14)5-10-7(8)12-11-5/h4,13H,2-3H2,1H3,(H,9,14)(H3,8,10,11,12). The average Bonchev–Trinajstić information content (AvgIpc) is 2.51. The predicted octanol–water partition coefficient (Wildman–Crippen LogP) is -1.11. The molecule has 0 fully saturated rings. The first kappa shape index (κ1) is 10.5. The fourth-order valence-electron chi connectivity index (χ4n) is 0.855. The van der Waals surface area contributed by atoms with Crippen molar-refractivity contribution in [1.82, 2.24) is 20.5 Å². The Labute approximate surface area is 80.7 Å². The van der Waals surface area contributed by atoms with Gasteiger partial charge in [0.15, 0.2) is 0 Å². The van der Waals surface area contributed by atoms with Gasteiger partial charge in [-0.05, 0) is 13.3 Å². The molecule has 0 aliphatic heterocycles. The normalized spacial score (nSPS) is 12.4. The molecular weight excluding hydrogens is 186 g/mol. The van der Waals surface area contributed by atoms with Crippen molar-refractivity contribution in [3.8, 4) is 0 Å². The minimum absolute atomic E-state index is 0.0330. The first-order valence-electron chi connectivity index (χ1n) is 4.23. The van der Waals surface area contributed by atoms with Crippen molar-refractivity contribution in [2.75, 3.05) is 12.3 Å². The number of nitrogens with two attached hydrogens (primary N) is 1. The van der Waals surface area contributed by atoms with E-state index in [2.05, 4.69) is 20.5 Å². The summed E-state index contributed by atoms with van der Waals surface area (Å²) in [7, 11) is 0. The van der Waals surface area contributed by atoms with Gasteiger partial charge in [0.05, 0.1) is 6.10 Å². The van der Waals surface area contributed by atoms with E-state index < -0.39 is 6.10 Å². The highest BCUT2D eigenvalue weighted by Crippen LogP contribution is 1.93. The van der Waals surface area contributed by atoms with Crippen molar-refractivity contribution in [3.63, 3.8) is 0 Å². The molecule has 0 aliphatic carbocycles. The molecule has 7 heteroatoms. The highest BCUT2D eigenvalue weighted by Gasteiger charge is 2.09. The van der Waals surface area contributed by atoms with Crippen LogP contribution in [0, 0.1) is 0 Å². The lowest BCUT2D eigenvalue weighted by Gasteiger charge is -2.04. The molecule has 5 N–H and O–H groups in total. The highest BCUT2D eigenvalue weighted by molar-refractivity contribution is 5.90. The minimum Gasteiger partial charge on any atom is -0.393 e. The zero-order chi connectivity index (χ0) is 10.6. The quantitative estimate of drug-likeness (QED) is 0.490. The van der Waals surface area contributed by atoms with Gasteiger partial charge in [0.1, 0.15) is 0 Å². The maximum Gasteiger partial charge on any atom is 0.288 e. The maximum atomic E-state index is 11.3. The number of anilines is 1. The summed E-state index contributed by atoms with van der Waals surface area (Å²) >= 11 is 0. The topological polar surface area (TPSA) is 117 Å². The van der Waals surface area contributed by atoms with Gasteiger partial charge in [-0.25, -0.2) is 0 Å². The number of H-pyrrole nitrogens is 1. The molecule has 78 valence electrons. The van der Waals surface area contributed by atoms with E-state index in [-0.39, 0.29) is 17.7 Å². The highest BCUT2D eigenvalue weighted by atomic mass is 16.3. The molecule has 1 unspecified atom stereocenters. The second-order valence-corrected chi connectivity index (χ2v) is 2.94. The maximum absolute atomic E-state index is 11.3. The molecule has 0 aromatic carbocycles. The van der Waals surface area contributed by atoms with E-state index in [0.717, 1.165) is 0 Å². The van der Waals surface area contributed by atoms with Crippen LogP contribution in [-0.4, -0.2) is 38.8 Å². The van der Waals surface area contributed by atoms with E-state index in [1.807, 2.05) is 0 Å². The summed E-state index contributed by atoms with van der Waals surface area (Å²) in [6, 6.07) is 0. The van der Waals surface area contributed by atoms with Gasteiger partial charge in [-0.15, -0.1) is 5.10 Å². The number of nitrogens with zero attached hydrogens (tertiary/aromatic N) is 2. The van der Waals surface area contributed by atoms with Crippen LogP contribution < -0.4 is 11.1 Å². The first-order chi connectivity index (χ1) is 6.59. The zero-order valence-corrected chi connectivity index (χ0v) is 7.82. The molecule has 1 heterocycles. The molecule has 7 nitrogen and oxygen atoms in total. The molecule has 0 saturated carbocycles. The molecule has 14 heavy (non-hydrogen) atoms. The summed E-state index contributed by atoms with van der Waals surface area (Å²) in [4.78, 5) is 14.9. The van der Waals surface area contributed by atoms with Gasteiger partial charge in [-0.2, -0.15) is 4.98 Å². The molecule has 1 atom stereocenters. The molecule has 0 aliphatic rings. The average molecular weight is 199 g/mol. The molecule has 0 saturated heterocycles. The van der Waals surface area contributed by atoms with Gasteiger partial charge in [0.25, 0.3) is 5.91 Å². The Bertz CT molecular complexity index is 309. The Morgan fingerprint density at radius 2 is 2.50 bits per heavy atom. The van der Waals surface area contributed by atoms with Crippen LogP contribution in [0.5, 0.6) is 0 Å². The van der Waals surface area contributed by atoms with Crippen molar-refractivity contribution >= 4 is 11.9 Å². The van der Waals surface area contributed by atoms with Gasteiger partial charge in [0, 0.05) is 6.54 Å². The van der Waals surface area contributed by atoms with Crippen LogP contribution >= 0.6 is 0 Å². The predicted molar refractivity (Wildman–Crippen MR) is 49.4 cm³/mol. The van der Waals surface area contributed by atoms with Crippen LogP contribution in [0.2, 0.25) is 0 Å². The number of amides is 1. The van der Waals surface area contributed by atoms with Gasteiger partial charge >= 0.3 is 0 Å². The Morgan fingerprint density at radius 3 is 3.00 bits per heavy atom. The van der Waals surface area contributed by atoms with Crippen molar-refractivity contribution in [2.45, 2.75) is 19.4 Å². The Kier molecular flexibility index (Phi) is 3.41. The summed E-state index contributed by atoms with van der Waals surface area (Å²) in [5, 5.41) is 17.4. The van der Waals surface area contributed by atoms with E-state index >= 15 is 0 Å². The minimum atomic E-state index is -0.435. The first-order valence-corrected chi connectivity index (χ1v) is 4.23. The molecule has 1 amide bonds. The number of hydrogen-bond acceptors (Lipinski definition) is 5. The van der Waals surface area contributed by atoms with Crippen molar-refractivity contribution < 1.29 is 9.90 Å². The summed E-state index contributed by atoms with van der Waals surface area (Å²) in [6.45, 7) is 2.04. The summed E-state index contributed by atoms with van der Waals surface area (Å²) in [5.41, 5.74) is 5.22. The third kappa shape index (κ3) is 3.02. The van der Waals surface area contributed by atoms with Crippen LogP contribution in [0.25, 0.3) is 0 Å².